The molecule has 0 saturated heterocycles. The Kier molecular flexibility index (Phi) is 5.45. The van der Waals surface area contributed by atoms with Gasteiger partial charge in [0.25, 0.3) is 0 Å². The third-order valence-corrected chi connectivity index (χ3v) is 6.01. The van der Waals surface area contributed by atoms with Crippen molar-refractivity contribution in [1.29, 1.82) is 0 Å². The minimum atomic E-state index is 0.476. The predicted octanol–water partition coefficient (Wildman–Crippen LogP) is 5.36. The van der Waals surface area contributed by atoms with Gasteiger partial charge in [0.15, 0.2) is 0 Å². The van der Waals surface area contributed by atoms with Gasteiger partial charge in [0.05, 0.1) is 0 Å². The summed E-state index contributed by atoms with van der Waals surface area (Å²) in [5.74, 6) is 0.476. The molecule has 0 aliphatic heterocycles. The maximum Gasteiger partial charge on any atom is 0.119 e. The quantitative estimate of drug-likeness (QED) is 0.641. The van der Waals surface area contributed by atoms with Gasteiger partial charge in [-0.15, -0.1) is 0 Å². The second-order valence-electron chi connectivity index (χ2n) is 7.74. The molecule has 2 nitrogen and oxygen atoms in total. The number of aromatic hydroxyl groups is 1. The lowest BCUT2D eigenvalue weighted by Gasteiger charge is -2.35. The number of phenolic OH excluding ortho intramolecular Hbond substituents is 1. The van der Waals surface area contributed by atoms with E-state index < -0.39 is 0 Å². The average molecular weight is 360 g/mol. The SMILES string of the molecule is CCCN(CCc1cccc2ccccc12)C1CCc2c(O)cccc2C1. The number of benzene rings is 3. The fourth-order valence-corrected chi connectivity index (χ4v) is 4.62. The van der Waals surface area contributed by atoms with Crippen LogP contribution in [-0.4, -0.2) is 29.1 Å². The molecule has 140 valence electrons. The summed E-state index contributed by atoms with van der Waals surface area (Å²) in [7, 11) is 0. The maximum absolute atomic E-state index is 10.1. The van der Waals surface area contributed by atoms with E-state index in [1.807, 2.05) is 12.1 Å². The smallest absolute Gasteiger partial charge is 0.119 e. The molecule has 0 spiro atoms. The van der Waals surface area contributed by atoms with Crippen LogP contribution in [0.15, 0.2) is 60.7 Å². The van der Waals surface area contributed by atoms with Crippen molar-refractivity contribution in [3.8, 4) is 5.75 Å². The van der Waals surface area contributed by atoms with Crippen molar-refractivity contribution in [1.82, 2.24) is 4.90 Å². The van der Waals surface area contributed by atoms with Crippen molar-refractivity contribution in [2.24, 2.45) is 0 Å². The van der Waals surface area contributed by atoms with E-state index in [1.165, 1.54) is 33.9 Å². The molecule has 0 radical (unpaired) electrons. The zero-order chi connectivity index (χ0) is 18.6. The summed E-state index contributed by atoms with van der Waals surface area (Å²) < 4.78 is 0. The van der Waals surface area contributed by atoms with Crippen LogP contribution in [0.25, 0.3) is 10.8 Å². The Morgan fingerprint density at radius 3 is 2.67 bits per heavy atom. The van der Waals surface area contributed by atoms with Crippen LogP contribution in [0.3, 0.4) is 0 Å². The largest absolute Gasteiger partial charge is 0.508 e. The van der Waals surface area contributed by atoms with Crippen LogP contribution >= 0.6 is 0 Å². The van der Waals surface area contributed by atoms with Gasteiger partial charge in [-0.05, 0) is 72.2 Å². The molecule has 0 bridgehead atoms. The van der Waals surface area contributed by atoms with Crippen molar-refractivity contribution in [2.45, 2.75) is 45.1 Å². The van der Waals surface area contributed by atoms with Gasteiger partial charge in [0.1, 0.15) is 5.75 Å². The Bertz CT molecular complexity index is 912. The van der Waals surface area contributed by atoms with Gasteiger partial charge < -0.3 is 5.11 Å². The minimum Gasteiger partial charge on any atom is -0.508 e. The zero-order valence-corrected chi connectivity index (χ0v) is 16.2. The van der Waals surface area contributed by atoms with E-state index in [0.717, 1.165) is 38.8 Å². The highest BCUT2D eigenvalue weighted by molar-refractivity contribution is 5.85. The third kappa shape index (κ3) is 3.86. The molecule has 0 saturated carbocycles. The van der Waals surface area contributed by atoms with Crippen molar-refractivity contribution >= 4 is 10.8 Å². The molecule has 0 fully saturated rings. The topological polar surface area (TPSA) is 23.5 Å². The van der Waals surface area contributed by atoms with Crippen LogP contribution in [-0.2, 0) is 19.3 Å². The molecular weight excluding hydrogens is 330 g/mol. The van der Waals surface area contributed by atoms with E-state index in [-0.39, 0.29) is 0 Å². The number of hydrogen-bond acceptors (Lipinski definition) is 2. The lowest BCUT2D eigenvalue weighted by atomic mass is 9.86. The van der Waals surface area contributed by atoms with Crippen molar-refractivity contribution < 1.29 is 5.11 Å². The first-order valence-corrected chi connectivity index (χ1v) is 10.3. The Hall–Kier alpha value is -2.32. The van der Waals surface area contributed by atoms with Crippen LogP contribution in [0.4, 0.5) is 0 Å². The molecule has 27 heavy (non-hydrogen) atoms. The van der Waals surface area contributed by atoms with Crippen molar-refractivity contribution in [2.75, 3.05) is 13.1 Å². The average Bonchev–Trinajstić information content (AvgIpc) is 2.71. The number of hydrogen-bond donors (Lipinski definition) is 1. The van der Waals surface area contributed by atoms with E-state index in [2.05, 4.69) is 60.4 Å². The zero-order valence-electron chi connectivity index (χ0n) is 16.2. The Morgan fingerprint density at radius 2 is 1.78 bits per heavy atom. The molecule has 0 aromatic heterocycles. The first kappa shape index (κ1) is 18.1. The molecule has 1 aliphatic rings. The van der Waals surface area contributed by atoms with Gasteiger partial charge in [-0.2, -0.15) is 0 Å². The van der Waals surface area contributed by atoms with Crippen LogP contribution in [0.2, 0.25) is 0 Å². The van der Waals surface area contributed by atoms with Gasteiger partial charge in [0.2, 0.25) is 0 Å². The molecule has 0 heterocycles. The van der Waals surface area contributed by atoms with E-state index >= 15 is 0 Å². The Balaban J connectivity index is 1.50. The number of rotatable bonds is 6. The van der Waals surface area contributed by atoms with Crippen LogP contribution in [0.5, 0.6) is 5.75 Å². The summed E-state index contributed by atoms with van der Waals surface area (Å²) in [5, 5.41) is 12.8. The molecule has 1 aliphatic carbocycles. The Labute approximate surface area is 162 Å². The maximum atomic E-state index is 10.1. The van der Waals surface area contributed by atoms with Gasteiger partial charge >= 0.3 is 0 Å². The summed E-state index contributed by atoms with van der Waals surface area (Å²) in [6.45, 7) is 4.51. The molecule has 3 aromatic rings. The highest BCUT2D eigenvalue weighted by Crippen LogP contribution is 2.31. The summed E-state index contributed by atoms with van der Waals surface area (Å²) >= 11 is 0. The van der Waals surface area contributed by atoms with Gasteiger partial charge in [-0.1, -0.05) is 61.5 Å². The summed E-state index contributed by atoms with van der Waals surface area (Å²) in [4.78, 5) is 2.68. The monoisotopic (exact) mass is 359 g/mol. The second-order valence-corrected chi connectivity index (χ2v) is 7.74. The molecule has 1 unspecified atom stereocenters. The highest BCUT2D eigenvalue weighted by Gasteiger charge is 2.25. The van der Waals surface area contributed by atoms with E-state index in [0.29, 0.717) is 11.8 Å². The Morgan fingerprint density at radius 1 is 0.963 bits per heavy atom. The van der Waals surface area contributed by atoms with Crippen LogP contribution < -0.4 is 0 Å². The van der Waals surface area contributed by atoms with E-state index in [1.54, 1.807) is 0 Å². The van der Waals surface area contributed by atoms with Crippen LogP contribution in [0.1, 0.15) is 36.5 Å². The fourth-order valence-electron chi connectivity index (χ4n) is 4.62. The number of phenols is 1. The first-order chi connectivity index (χ1) is 13.3. The van der Waals surface area contributed by atoms with E-state index in [9.17, 15) is 5.11 Å². The number of fused-ring (bicyclic) bond motifs is 2. The van der Waals surface area contributed by atoms with E-state index in [4.69, 9.17) is 0 Å². The van der Waals surface area contributed by atoms with Crippen molar-refractivity contribution in [3.63, 3.8) is 0 Å². The summed E-state index contributed by atoms with van der Waals surface area (Å²) in [6, 6.07) is 21.9. The lowest BCUT2D eigenvalue weighted by molar-refractivity contribution is 0.181. The molecule has 4 rings (SSSR count). The first-order valence-electron chi connectivity index (χ1n) is 10.3. The number of nitrogens with zero attached hydrogens (tertiary/aromatic N) is 1. The van der Waals surface area contributed by atoms with Crippen LogP contribution in [0, 0.1) is 0 Å². The molecule has 3 aromatic carbocycles. The summed E-state index contributed by atoms with van der Waals surface area (Å²) in [5.41, 5.74) is 3.94. The van der Waals surface area contributed by atoms with Gasteiger partial charge in [-0.3, -0.25) is 4.90 Å². The standard InChI is InChI=1S/C25H29NO/c1-2-16-26(22-13-14-24-21(18-22)10-6-12-25(24)27)17-15-20-9-5-8-19-7-3-4-11-23(19)20/h3-12,22,27H,2,13-18H2,1H3. The fraction of sp³-hybridized carbons (Fsp3) is 0.360. The molecule has 0 amide bonds. The molecule has 1 atom stereocenters. The highest BCUT2D eigenvalue weighted by atomic mass is 16.3. The predicted molar refractivity (Wildman–Crippen MR) is 113 cm³/mol. The van der Waals surface area contributed by atoms with Gasteiger partial charge in [-0.25, -0.2) is 0 Å². The molecule has 1 N–H and O–H groups in total. The second kappa shape index (κ2) is 8.14. The molecular formula is C25H29NO. The minimum absolute atomic E-state index is 0.476. The normalized spacial score (nSPS) is 16.6. The lowest BCUT2D eigenvalue weighted by Crippen LogP contribution is -2.41. The molecule has 2 heteroatoms. The van der Waals surface area contributed by atoms with Gasteiger partial charge in [0, 0.05) is 12.6 Å². The van der Waals surface area contributed by atoms with Crippen molar-refractivity contribution in [3.05, 3.63) is 77.4 Å². The summed E-state index contributed by atoms with van der Waals surface area (Å²) in [6.07, 6.45) is 5.45. The third-order valence-electron chi connectivity index (χ3n) is 6.01.